The summed E-state index contributed by atoms with van der Waals surface area (Å²) in [6.07, 6.45) is 8.04. The molecule has 0 fully saturated rings. The number of aliphatic carboxylic acids is 1. The number of esters is 1. The van der Waals surface area contributed by atoms with Gasteiger partial charge in [-0.2, -0.15) is 0 Å². The normalized spacial score (nSPS) is 11.8. The third-order valence-corrected chi connectivity index (χ3v) is 3.30. The van der Waals surface area contributed by atoms with Crippen molar-refractivity contribution in [1.29, 1.82) is 0 Å². The number of rotatable bonds is 12. The van der Waals surface area contributed by atoms with Crippen molar-refractivity contribution in [2.24, 2.45) is 0 Å². The summed E-state index contributed by atoms with van der Waals surface area (Å²) >= 11 is 0. The van der Waals surface area contributed by atoms with E-state index in [-0.39, 0.29) is 36.2 Å². The van der Waals surface area contributed by atoms with Crippen LogP contribution in [0.3, 0.4) is 0 Å². The molecule has 0 aliphatic rings. The van der Waals surface area contributed by atoms with Crippen LogP contribution in [0, 0.1) is 0 Å². The quantitative estimate of drug-likeness (QED) is 0.229. The maximum Gasteiger partial charge on any atom is 1.00 e. The van der Waals surface area contributed by atoms with E-state index < -0.39 is 36.2 Å². The van der Waals surface area contributed by atoms with E-state index in [1.54, 1.807) is 19.1 Å². The standard InChI is InChI=1S/C19H29NO6.Na/c1-4-7-9-11-16(21)20(17(22)12-10-8-5-2)15(14-18(23)24)19(25)26-13-6-3;/h9-12,15H,4-8,13-14H2,1-3H3,(H,23,24);/q;+1/p-1/b11-9+,12-10+;. The molecule has 146 valence electrons. The minimum Gasteiger partial charge on any atom is -0.550 e. The average Bonchev–Trinajstić information content (AvgIpc) is 2.59. The molecular formula is C19H28NNaO6. The van der Waals surface area contributed by atoms with Crippen molar-refractivity contribution in [2.45, 2.75) is 65.3 Å². The van der Waals surface area contributed by atoms with Crippen molar-refractivity contribution < 1.29 is 58.6 Å². The third kappa shape index (κ3) is 11.8. The van der Waals surface area contributed by atoms with Crippen LogP contribution in [0.2, 0.25) is 0 Å². The molecule has 0 rings (SSSR count). The second kappa shape index (κ2) is 16.7. The van der Waals surface area contributed by atoms with Gasteiger partial charge in [0.25, 0.3) is 11.8 Å². The first-order valence-electron chi connectivity index (χ1n) is 8.95. The first-order chi connectivity index (χ1) is 12.4. The van der Waals surface area contributed by atoms with Crippen molar-refractivity contribution in [2.75, 3.05) is 6.61 Å². The molecule has 0 bridgehead atoms. The van der Waals surface area contributed by atoms with Gasteiger partial charge in [-0.3, -0.25) is 14.5 Å². The number of amides is 2. The van der Waals surface area contributed by atoms with Gasteiger partial charge < -0.3 is 14.6 Å². The second-order valence-corrected chi connectivity index (χ2v) is 5.69. The Labute approximate surface area is 183 Å². The summed E-state index contributed by atoms with van der Waals surface area (Å²) in [4.78, 5) is 48.8. The van der Waals surface area contributed by atoms with Gasteiger partial charge in [0, 0.05) is 12.4 Å². The fraction of sp³-hybridized carbons (Fsp3) is 0.579. The summed E-state index contributed by atoms with van der Waals surface area (Å²) in [6, 6.07) is -1.57. The number of carbonyl (C=O) groups is 4. The predicted octanol–water partition coefficient (Wildman–Crippen LogP) is -1.48. The predicted molar refractivity (Wildman–Crippen MR) is 94.6 cm³/mol. The molecule has 1 atom stereocenters. The molecule has 1 unspecified atom stereocenters. The van der Waals surface area contributed by atoms with Crippen LogP contribution >= 0.6 is 0 Å². The van der Waals surface area contributed by atoms with Crippen LogP contribution in [-0.4, -0.2) is 41.3 Å². The van der Waals surface area contributed by atoms with Gasteiger partial charge >= 0.3 is 35.5 Å². The maximum absolute atomic E-state index is 12.5. The molecule has 27 heavy (non-hydrogen) atoms. The zero-order valence-electron chi connectivity index (χ0n) is 16.7. The molecular weight excluding hydrogens is 361 g/mol. The largest absolute Gasteiger partial charge is 1.00 e. The molecule has 2 amide bonds. The van der Waals surface area contributed by atoms with E-state index >= 15 is 0 Å². The van der Waals surface area contributed by atoms with Crippen LogP contribution in [0.5, 0.6) is 0 Å². The zero-order valence-corrected chi connectivity index (χ0v) is 18.7. The molecule has 0 aromatic carbocycles. The Morgan fingerprint density at radius 1 is 0.926 bits per heavy atom. The summed E-state index contributed by atoms with van der Waals surface area (Å²) in [5.41, 5.74) is 0. The number of imide groups is 1. The van der Waals surface area contributed by atoms with Crippen molar-refractivity contribution in [1.82, 2.24) is 4.90 Å². The van der Waals surface area contributed by atoms with E-state index in [2.05, 4.69) is 0 Å². The van der Waals surface area contributed by atoms with Gasteiger partial charge in [-0.1, -0.05) is 45.8 Å². The van der Waals surface area contributed by atoms with Crippen molar-refractivity contribution in [3.8, 4) is 0 Å². The molecule has 0 radical (unpaired) electrons. The number of hydrogen-bond donors (Lipinski definition) is 0. The van der Waals surface area contributed by atoms with Crippen LogP contribution < -0.4 is 34.7 Å². The van der Waals surface area contributed by atoms with E-state index in [1.807, 2.05) is 13.8 Å². The number of unbranched alkanes of at least 4 members (excludes halogenated alkanes) is 2. The molecule has 0 spiro atoms. The Kier molecular flexibility index (Phi) is 17.2. The van der Waals surface area contributed by atoms with Crippen LogP contribution in [0.15, 0.2) is 24.3 Å². The van der Waals surface area contributed by atoms with E-state index in [4.69, 9.17) is 4.74 Å². The molecule has 0 aromatic rings. The van der Waals surface area contributed by atoms with E-state index in [1.165, 1.54) is 12.2 Å². The Balaban J connectivity index is 0. The Morgan fingerprint density at radius 3 is 1.78 bits per heavy atom. The van der Waals surface area contributed by atoms with Gasteiger partial charge in [-0.25, -0.2) is 4.79 Å². The topological polar surface area (TPSA) is 104 Å². The van der Waals surface area contributed by atoms with Gasteiger partial charge in [0.2, 0.25) is 0 Å². The van der Waals surface area contributed by atoms with Gasteiger partial charge in [-0.15, -0.1) is 0 Å². The Hall–Kier alpha value is -1.44. The fourth-order valence-corrected chi connectivity index (χ4v) is 2.01. The molecule has 0 saturated heterocycles. The van der Waals surface area contributed by atoms with E-state index in [9.17, 15) is 24.3 Å². The molecule has 0 aliphatic heterocycles. The minimum atomic E-state index is -1.57. The fourth-order valence-electron chi connectivity index (χ4n) is 2.01. The van der Waals surface area contributed by atoms with Gasteiger partial charge in [0.1, 0.15) is 6.04 Å². The summed E-state index contributed by atoms with van der Waals surface area (Å²) in [6.45, 7) is 5.69. The Morgan fingerprint density at radius 2 is 1.41 bits per heavy atom. The zero-order chi connectivity index (χ0) is 19.9. The van der Waals surface area contributed by atoms with Crippen molar-refractivity contribution >= 4 is 23.8 Å². The van der Waals surface area contributed by atoms with Gasteiger partial charge in [0.05, 0.1) is 6.61 Å². The van der Waals surface area contributed by atoms with Crippen LogP contribution in [0.1, 0.15) is 59.3 Å². The maximum atomic E-state index is 12.5. The van der Waals surface area contributed by atoms with Crippen LogP contribution in [-0.2, 0) is 23.9 Å². The number of carboxylic acid groups (broad SMARTS) is 1. The molecule has 0 saturated carbocycles. The Bertz CT molecular complexity index is 516. The number of hydrogen-bond acceptors (Lipinski definition) is 6. The summed E-state index contributed by atoms with van der Waals surface area (Å²) in [5, 5.41) is 11.1. The molecule has 8 heteroatoms. The SMILES string of the molecule is CCC/C=C/C(=O)N(C(=O)/C=C/CCC)C(CC(=O)[O-])C(=O)OCCC.[Na+]. The van der Waals surface area contributed by atoms with Crippen LogP contribution in [0.25, 0.3) is 0 Å². The molecule has 7 nitrogen and oxygen atoms in total. The molecule has 0 aliphatic carbocycles. The first kappa shape index (κ1) is 27.8. The number of nitrogens with zero attached hydrogens (tertiary/aromatic N) is 1. The van der Waals surface area contributed by atoms with E-state index in [0.717, 1.165) is 12.8 Å². The average molecular weight is 389 g/mol. The van der Waals surface area contributed by atoms with Gasteiger partial charge in [-0.05, 0) is 31.4 Å². The summed E-state index contributed by atoms with van der Waals surface area (Å²) < 4.78 is 4.96. The molecule has 0 aromatic heterocycles. The second-order valence-electron chi connectivity index (χ2n) is 5.69. The number of ether oxygens (including phenoxy) is 1. The number of allylic oxidation sites excluding steroid dienone is 2. The van der Waals surface area contributed by atoms with Gasteiger partial charge in [0.15, 0.2) is 0 Å². The van der Waals surface area contributed by atoms with Crippen molar-refractivity contribution in [3.63, 3.8) is 0 Å². The monoisotopic (exact) mass is 389 g/mol. The van der Waals surface area contributed by atoms with Crippen molar-refractivity contribution in [3.05, 3.63) is 24.3 Å². The minimum absolute atomic E-state index is 0. The van der Waals surface area contributed by atoms with Crippen LogP contribution in [0.4, 0.5) is 0 Å². The number of carboxylic acids is 1. The number of carbonyl (C=O) groups excluding carboxylic acids is 4. The smallest absolute Gasteiger partial charge is 0.550 e. The summed E-state index contributed by atoms with van der Waals surface area (Å²) in [5.74, 6) is -4.01. The molecule has 0 N–H and O–H groups in total. The first-order valence-corrected chi connectivity index (χ1v) is 8.95. The summed E-state index contributed by atoms with van der Waals surface area (Å²) in [7, 11) is 0. The van der Waals surface area contributed by atoms with E-state index in [0.29, 0.717) is 24.2 Å². The third-order valence-electron chi connectivity index (χ3n) is 3.30. The molecule has 0 heterocycles.